The lowest BCUT2D eigenvalue weighted by Crippen LogP contribution is -2.24. The van der Waals surface area contributed by atoms with Crippen LogP contribution in [0.2, 0.25) is 0 Å². The molecule has 3 atom stereocenters. The molecule has 0 heterocycles. The first kappa shape index (κ1) is 13.8. The molecule has 106 valence electrons. The van der Waals surface area contributed by atoms with Crippen molar-refractivity contribution in [3.05, 3.63) is 71.3 Å². The van der Waals surface area contributed by atoms with Crippen LogP contribution in [0.25, 0.3) is 0 Å². The minimum Gasteiger partial charge on any atom is -0.387 e. The Bertz CT molecular complexity index is 631. The maximum absolute atomic E-state index is 10.2. The number of benzene rings is 2. The fourth-order valence-corrected chi connectivity index (χ4v) is 2.65. The highest BCUT2D eigenvalue weighted by Gasteiger charge is 2.37. The second-order valence-electron chi connectivity index (χ2n) is 5.52. The Morgan fingerprint density at radius 3 is 2.52 bits per heavy atom. The van der Waals surface area contributed by atoms with Crippen LogP contribution in [-0.2, 0) is 0 Å². The molecule has 1 aliphatic carbocycles. The zero-order valence-corrected chi connectivity index (χ0v) is 11.7. The van der Waals surface area contributed by atoms with Crippen LogP contribution in [0.15, 0.2) is 54.6 Å². The lowest BCUT2D eigenvalue weighted by Gasteiger charge is -2.12. The van der Waals surface area contributed by atoms with E-state index >= 15 is 0 Å². The van der Waals surface area contributed by atoms with Gasteiger partial charge in [-0.3, -0.25) is 0 Å². The summed E-state index contributed by atoms with van der Waals surface area (Å²) in [5.41, 5.74) is 2.83. The maximum Gasteiger partial charge on any atom is 0.0991 e. The Balaban J connectivity index is 1.51. The number of nitrogens with zero attached hydrogens (tertiary/aromatic N) is 1. The monoisotopic (exact) mass is 278 g/mol. The largest absolute Gasteiger partial charge is 0.387 e. The van der Waals surface area contributed by atoms with Crippen molar-refractivity contribution in [1.82, 2.24) is 5.32 Å². The molecule has 0 spiro atoms. The summed E-state index contributed by atoms with van der Waals surface area (Å²) in [5, 5.41) is 22.4. The highest BCUT2D eigenvalue weighted by atomic mass is 16.3. The number of hydrogen-bond donors (Lipinski definition) is 2. The summed E-state index contributed by atoms with van der Waals surface area (Å²) >= 11 is 0. The topological polar surface area (TPSA) is 56.0 Å². The maximum atomic E-state index is 10.2. The van der Waals surface area contributed by atoms with Gasteiger partial charge >= 0.3 is 0 Å². The van der Waals surface area contributed by atoms with Crippen LogP contribution >= 0.6 is 0 Å². The van der Waals surface area contributed by atoms with Gasteiger partial charge in [-0.25, -0.2) is 0 Å². The quantitative estimate of drug-likeness (QED) is 0.884. The van der Waals surface area contributed by atoms with Gasteiger partial charge < -0.3 is 10.4 Å². The Hall–Kier alpha value is -2.15. The van der Waals surface area contributed by atoms with Crippen molar-refractivity contribution in [2.24, 2.45) is 0 Å². The second kappa shape index (κ2) is 6.09. The van der Waals surface area contributed by atoms with Crippen molar-refractivity contribution in [1.29, 1.82) is 5.26 Å². The van der Waals surface area contributed by atoms with Crippen LogP contribution in [-0.4, -0.2) is 17.7 Å². The Morgan fingerprint density at radius 1 is 1.14 bits per heavy atom. The van der Waals surface area contributed by atoms with Crippen molar-refractivity contribution in [3.8, 4) is 6.07 Å². The summed E-state index contributed by atoms with van der Waals surface area (Å²) in [6, 6.07) is 20.1. The normalized spacial score (nSPS) is 21.5. The molecule has 0 bridgehead atoms. The van der Waals surface area contributed by atoms with E-state index < -0.39 is 6.10 Å². The summed E-state index contributed by atoms with van der Waals surface area (Å²) < 4.78 is 0. The minimum absolute atomic E-state index is 0.459. The van der Waals surface area contributed by atoms with Crippen LogP contribution in [0.1, 0.15) is 35.1 Å². The number of hydrogen-bond acceptors (Lipinski definition) is 3. The molecule has 0 saturated heterocycles. The van der Waals surface area contributed by atoms with Crippen LogP contribution < -0.4 is 5.32 Å². The molecule has 0 aromatic heterocycles. The first-order valence-corrected chi connectivity index (χ1v) is 7.24. The van der Waals surface area contributed by atoms with E-state index in [1.54, 1.807) is 12.1 Å². The molecule has 1 aliphatic rings. The Kier molecular flexibility index (Phi) is 4.01. The predicted molar refractivity (Wildman–Crippen MR) is 81.7 cm³/mol. The average molecular weight is 278 g/mol. The number of aliphatic hydroxyl groups is 1. The van der Waals surface area contributed by atoms with Gasteiger partial charge in [-0.1, -0.05) is 42.5 Å². The highest BCUT2D eigenvalue weighted by molar-refractivity contribution is 5.32. The van der Waals surface area contributed by atoms with E-state index in [9.17, 15) is 5.11 Å². The average Bonchev–Trinajstić information content (AvgIpc) is 3.33. The predicted octanol–water partition coefficient (Wildman–Crippen LogP) is 2.74. The molecule has 2 aromatic carbocycles. The van der Waals surface area contributed by atoms with Gasteiger partial charge in [0.1, 0.15) is 0 Å². The van der Waals surface area contributed by atoms with E-state index in [4.69, 9.17) is 5.26 Å². The van der Waals surface area contributed by atoms with Crippen LogP contribution in [0, 0.1) is 11.3 Å². The summed E-state index contributed by atoms with van der Waals surface area (Å²) in [6.07, 6.45) is 0.596. The number of nitrogens with one attached hydrogen (secondary N) is 1. The fourth-order valence-electron chi connectivity index (χ4n) is 2.65. The van der Waals surface area contributed by atoms with Gasteiger partial charge in [0.2, 0.25) is 0 Å². The second-order valence-corrected chi connectivity index (χ2v) is 5.52. The minimum atomic E-state index is -0.533. The van der Waals surface area contributed by atoms with E-state index in [-0.39, 0.29) is 0 Å². The van der Waals surface area contributed by atoms with E-state index in [0.29, 0.717) is 24.1 Å². The molecule has 3 unspecified atom stereocenters. The van der Waals surface area contributed by atoms with Gasteiger partial charge in [0.25, 0.3) is 0 Å². The molecule has 3 rings (SSSR count). The third-order valence-electron chi connectivity index (χ3n) is 4.02. The van der Waals surface area contributed by atoms with Gasteiger partial charge in [-0.15, -0.1) is 0 Å². The molecule has 0 radical (unpaired) electrons. The van der Waals surface area contributed by atoms with Gasteiger partial charge in [-0.2, -0.15) is 5.26 Å². The lowest BCUT2D eigenvalue weighted by molar-refractivity contribution is 0.174. The van der Waals surface area contributed by atoms with E-state index in [1.807, 2.05) is 18.2 Å². The summed E-state index contributed by atoms with van der Waals surface area (Å²) in [7, 11) is 0. The van der Waals surface area contributed by atoms with Gasteiger partial charge in [-0.05, 0) is 29.7 Å². The molecule has 3 nitrogen and oxygen atoms in total. The third kappa shape index (κ3) is 3.30. The number of nitriles is 1. The molecule has 2 N–H and O–H groups in total. The zero-order valence-electron chi connectivity index (χ0n) is 11.7. The van der Waals surface area contributed by atoms with Crippen molar-refractivity contribution in [2.45, 2.75) is 24.5 Å². The van der Waals surface area contributed by atoms with Gasteiger partial charge in [0.15, 0.2) is 0 Å². The molecule has 1 saturated carbocycles. The van der Waals surface area contributed by atoms with Crippen LogP contribution in [0.4, 0.5) is 0 Å². The summed E-state index contributed by atoms with van der Waals surface area (Å²) in [6.45, 7) is 0.542. The first-order chi connectivity index (χ1) is 10.3. The molecule has 1 fully saturated rings. The van der Waals surface area contributed by atoms with Crippen molar-refractivity contribution in [2.75, 3.05) is 6.54 Å². The van der Waals surface area contributed by atoms with Gasteiger partial charge in [0.05, 0.1) is 17.7 Å². The van der Waals surface area contributed by atoms with E-state index in [2.05, 4.69) is 35.7 Å². The zero-order chi connectivity index (χ0) is 14.7. The molecule has 0 amide bonds. The van der Waals surface area contributed by atoms with Crippen molar-refractivity contribution in [3.63, 3.8) is 0 Å². The van der Waals surface area contributed by atoms with E-state index in [1.165, 1.54) is 5.56 Å². The van der Waals surface area contributed by atoms with Crippen molar-refractivity contribution >= 4 is 0 Å². The summed E-state index contributed by atoms with van der Waals surface area (Å²) in [4.78, 5) is 0. The van der Waals surface area contributed by atoms with E-state index in [0.717, 1.165) is 12.0 Å². The molecule has 0 aliphatic heterocycles. The Morgan fingerprint density at radius 2 is 1.86 bits per heavy atom. The van der Waals surface area contributed by atoms with Crippen LogP contribution in [0.3, 0.4) is 0 Å². The summed E-state index contributed by atoms with van der Waals surface area (Å²) in [5.74, 6) is 0.569. The lowest BCUT2D eigenvalue weighted by atomic mass is 10.1. The highest BCUT2D eigenvalue weighted by Crippen LogP contribution is 2.40. The Labute approximate surface area is 124 Å². The van der Waals surface area contributed by atoms with Crippen LogP contribution in [0.5, 0.6) is 0 Å². The fraction of sp³-hybridized carbons (Fsp3) is 0.278. The number of aliphatic hydroxyl groups excluding tert-OH is 1. The molecule has 3 heteroatoms. The number of rotatable bonds is 5. The smallest absolute Gasteiger partial charge is 0.0991 e. The third-order valence-corrected chi connectivity index (χ3v) is 4.02. The molecular weight excluding hydrogens is 260 g/mol. The SMILES string of the molecule is N#Cc1ccc(C(O)CNC2CC2c2ccccc2)cc1. The van der Waals surface area contributed by atoms with Crippen molar-refractivity contribution < 1.29 is 5.11 Å². The standard InChI is InChI=1S/C18H18N2O/c19-11-13-6-8-15(9-7-13)18(21)12-20-17-10-16(17)14-4-2-1-3-5-14/h1-9,16-18,20-21H,10,12H2. The molecule has 2 aromatic rings. The molecular formula is C18H18N2O. The molecule has 21 heavy (non-hydrogen) atoms. The first-order valence-electron chi connectivity index (χ1n) is 7.24. The van der Waals surface area contributed by atoms with Gasteiger partial charge in [0, 0.05) is 18.5 Å².